The molecule has 4 aliphatic carbocycles. The molecule has 1 aromatic rings. The first kappa shape index (κ1) is 22.2. The average Bonchev–Trinajstić information content (AvgIpc) is 3.22. The Bertz CT molecular complexity index is 1150. The monoisotopic (exact) mass is 483 g/mol. The second kappa shape index (κ2) is 9.10. The maximum absolute atomic E-state index is 5.65. The zero-order valence-corrected chi connectivity index (χ0v) is 21.7. The van der Waals surface area contributed by atoms with Gasteiger partial charge >= 0.3 is 0 Å². The van der Waals surface area contributed by atoms with Gasteiger partial charge in [-0.2, -0.15) is 0 Å². The van der Waals surface area contributed by atoms with Crippen molar-refractivity contribution in [2.75, 3.05) is 0 Å². The SMILES string of the molecule is C1=C(Sc2ccccc2)C(=NC2CCCCC2)C=C2C1=N[C@@]13CCCC[C@@H]1CC1=C(CCCC1)N23. The number of rotatable bonds is 3. The highest BCUT2D eigenvalue weighted by Crippen LogP contribution is 2.56. The van der Waals surface area contributed by atoms with E-state index in [9.17, 15) is 0 Å². The van der Waals surface area contributed by atoms with E-state index in [2.05, 4.69) is 47.4 Å². The fourth-order valence-electron chi connectivity index (χ4n) is 7.52. The normalized spacial score (nSPS) is 31.8. The van der Waals surface area contributed by atoms with Crippen LogP contribution in [-0.2, 0) is 0 Å². The minimum Gasteiger partial charge on any atom is -0.318 e. The predicted octanol–water partition coefficient (Wildman–Crippen LogP) is 8.21. The lowest BCUT2D eigenvalue weighted by molar-refractivity contribution is 0.0498. The Morgan fingerprint density at radius 3 is 2.60 bits per heavy atom. The standard InChI is InChI=1S/C31H37N3S/c1-3-13-24(14-4-1)32-27-20-29-26(21-30(27)35-25-15-5-2-6-16-25)33-31-18-10-9-12-23(31)19-22-11-7-8-17-28(22)34(29)31/h2,5-6,15-16,20-21,23-24H,1,3-4,7-14,17-19H2/t23-,31-/m1/s1. The van der Waals surface area contributed by atoms with Crippen molar-refractivity contribution in [3.05, 3.63) is 64.4 Å². The third kappa shape index (κ3) is 3.87. The summed E-state index contributed by atoms with van der Waals surface area (Å²) < 4.78 is 0. The molecule has 1 spiro atoms. The summed E-state index contributed by atoms with van der Waals surface area (Å²) in [6.45, 7) is 0. The molecular weight excluding hydrogens is 446 g/mol. The molecule has 1 aromatic carbocycles. The molecule has 182 valence electrons. The lowest BCUT2D eigenvalue weighted by Crippen LogP contribution is -2.53. The van der Waals surface area contributed by atoms with E-state index >= 15 is 0 Å². The molecule has 0 amide bonds. The van der Waals surface area contributed by atoms with Crippen molar-refractivity contribution in [3.63, 3.8) is 0 Å². The highest BCUT2D eigenvalue weighted by molar-refractivity contribution is 8.04. The Kier molecular flexibility index (Phi) is 5.76. The summed E-state index contributed by atoms with van der Waals surface area (Å²) in [5.74, 6) is 0.671. The zero-order chi connectivity index (χ0) is 23.2. The second-order valence-electron chi connectivity index (χ2n) is 11.4. The lowest BCUT2D eigenvalue weighted by atomic mass is 9.70. The zero-order valence-electron chi connectivity index (χ0n) is 20.8. The first-order valence-corrected chi connectivity index (χ1v) is 15.0. The van der Waals surface area contributed by atoms with Gasteiger partial charge in [0, 0.05) is 21.4 Å². The van der Waals surface area contributed by atoms with E-state index in [1.165, 1.54) is 117 Å². The molecule has 0 N–H and O–H groups in total. The molecule has 4 heteroatoms. The van der Waals surface area contributed by atoms with Gasteiger partial charge in [-0.1, -0.05) is 61.2 Å². The van der Waals surface area contributed by atoms with Crippen molar-refractivity contribution >= 4 is 23.2 Å². The Balaban J connectivity index is 1.34. The van der Waals surface area contributed by atoms with Gasteiger partial charge in [0.1, 0.15) is 5.66 Å². The fourth-order valence-corrected chi connectivity index (χ4v) is 8.46. The van der Waals surface area contributed by atoms with Gasteiger partial charge in [0.2, 0.25) is 0 Å². The van der Waals surface area contributed by atoms with E-state index in [1.54, 1.807) is 11.3 Å². The number of thioether (sulfide) groups is 1. The Morgan fingerprint density at radius 1 is 0.886 bits per heavy atom. The summed E-state index contributed by atoms with van der Waals surface area (Å²) in [5.41, 5.74) is 7.12. The molecule has 2 atom stereocenters. The van der Waals surface area contributed by atoms with Gasteiger partial charge in [-0.25, -0.2) is 0 Å². The average molecular weight is 484 g/mol. The van der Waals surface area contributed by atoms with Crippen LogP contribution in [0.15, 0.2) is 79.2 Å². The van der Waals surface area contributed by atoms with E-state index in [0.29, 0.717) is 12.0 Å². The van der Waals surface area contributed by atoms with Gasteiger partial charge in [-0.05, 0) is 88.5 Å². The van der Waals surface area contributed by atoms with Crippen molar-refractivity contribution < 1.29 is 0 Å². The molecule has 6 aliphatic rings. The smallest absolute Gasteiger partial charge is 0.139 e. The third-order valence-corrected chi connectivity index (χ3v) is 10.2. The minimum atomic E-state index is -0.0328. The highest BCUT2D eigenvalue weighted by Gasteiger charge is 2.55. The molecular formula is C31H37N3S. The van der Waals surface area contributed by atoms with E-state index in [-0.39, 0.29) is 5.66 Å². The first-order chi connectivity index (χ1) is 17.3. The molecule has 0 radical (unpaired) electrons. The van der Waals surface area contributed by atoms with Gasteiger partial charge in [0.05, 0.1) is 23.2 Å². The van der Waals surface area contributed by atoms with Crippen molar-refractivity contribution in [3.8, 4) is 0 Å². The van der Waals surface area contributed by atoms with Crippen LogP contribution in [0.2, 0.25) is 0 Å². The number of benzene rings is 1. The molecule has 7 rings (SSSR count). The van der Waals surface area contributed by atoms with Gasteiger partial charge < -0.3 is 4.90 Å². The number of hydrogen-bond acceptors (Lipinski definition) is 4. The maximum Gasteiger partial charge on any atom is 0.139 e. The van der Waals surface area contributed by atoms with Crippen LogP contribution in [0.25, 0.3) is 0 Å². The van der Waals surface area contributed by atoms with Crippen LogP contribution in [0.4, 0.5) is 0 Å². The van der Waals surface area contributed by atoms with Crippen molar-refractivity contribution in [1.29, 1.82) is 0 Å². The van der Waals surface area contributed by atoms with Crippen LogP contribution >= 0.6 is 11.8 Å². The molecule has 3 nitrogen and oxygen atoms in total. The number of nitrogens with zero attached hydrogens (tertiary/aromatic N) is 3. The molecule has 2 saturated carbocycles. The summed E-state index contributed by atoms with van der Waals surface area (Å²) in [5, 5.41) is 0. The number of hydrogen-bond donors (Lipinski definition) is 0. The molecule has 2 aliphatic heterocycles. The van der Waals surface area contributed by atoms with Crippen molar-refractivity contribution in [1.82, 2.24) is 4.90 Å². The molecule has 2 fully saturated rings. The summed E-state index contributed by atoms with van der Waals surface area (Å²) in [6, 6.07) is 11.3. The number of allylic oxidation sites excluding steroid dienone is 5. The van der Waals surface area contributed by atoms with Gasteiger partial charge in [-0.3, -0.25) is 9.98 Å². The maximum atomic E-state index is 5.65. The van der Waals surface area contributed by atoms with Crippen LogP contribution in [0.3, 0.4) is 0 Å². The van der Waals surface area contributed by atoms with Crippen LogP contribution in [-0.4, -0.2) is 28.0 Å². The van der Waals surface area contributed by atoms with E-state index in [4.69, 9.17) is 9.98 Å². The Labute approximate surface area is 214 Å². The summed E-state index contributed by atoms with van der Waals surface area (Å²) in [4.78, 5) is 16.4. The van der Waals surface area contributed by atoms with Crippen LogP contribution < -0.4 is 0 Å². The third-order valence-electron chi connectivity index (χ3n) is 9.18. The second-order valence-corrected chi connectivity index (χ2v) is 12.5. The predicted molar refractivity (Wildman–Crippen MR) is 147 cm³/mol. The number of fused-ring (bicyclic) bond motifs is 3. The number of aliphatic imine (C=N–C) groups is 2. The van der Waals surface area contributed by atoms with Crippen molar-refractivity contribution in [2.45, 2.75) is 106 Å². The molecule has 0 aromatic heterocycles. The lowest BCUT2D eigenvalue weighted by Gasteiger charge is -2.52. The summed E-state index contributed by atoms with van der Waals surface area (Å²) in [7, 11) is 0. The van der Waals surface area contributed by atoms with Gasteiger partial charge in [0.25, 0.3) is 0 Å². The minimum absolute atomic E-state index is 0.0328. The summed E-state index contributed by atoms with van der Waals surface area (Å²) in [6.07, 6.45) is 23.1. The van der Waals surface area contributed by atoms with Gasteiger partial charge in [0.15, 0.2) is 0 Å². The van der Waals surface area contributed by atoms with Crippen LogP contribution in [0, 0.1) is 5.92 Å². The molecule has 2 heterocycles. The molecule has 0 bridgehead atoms. The molecule has 0 unspecified atom stereocenters. The van der Waals surface area contributed by atoms with Gasteiger partial charge in [-0.15, -0.1) is 0 Å². The first-order valence-electron chi connectivity index (χ1n) is 14.2. The Morgan fingerprint density at radius 2 is 1.71 bits per heavy atom. The fraction of sp³-hybridized carbons (Fsp3) is 0.548. The van der Waals surface area contributed by atoms with E-state index in [1.807, 2.05) is 11.8 Å². The highest BCUT2D eigenvalue weighted by atomic mass is 32.2. The van der Waals surface area contributed by atoms with Crippen molar-refractivity contribution in [2.24, 2.45) is 15.9 Å². The summed E-state index contributed by atoms with van der Waals surface area (Å²) >= 11 is 1.87. The van der Waals surface area contributed by atoms with E-state index < -0.39 is 0 Å². The molecule has 35 heavy (non-hydrogen) atoms. The van der Waals surface area contributed by atoms with E-state index in [0.717, 1.165) is 0 Å². The topological polar surface area (TPSA) is 28.0 Å². The largest absolute Gasteiger partial charge is 0.318 e. The Hall–Kier alpha value is -2.07. The van der Waals surface area contributed by atoms with Crippen LogP contribution in [0.1, 0.15) is 89.9 Å². The van der Waals surface area contributed by atoms with Crippen LogP contribution in [0.5, 0.6) is 0 Å². The molecule has 0 saturated heterocycles. The quantitative estimate of drug-likeness (QED) is 0.405.